The van der Waals surface area contributed by atoms with Crippen LogP contribution in [-0.4, -0.2) is 67.9 Å². The summed E-state index contributed by atoms with van der Waals surface area (Å²) >= 11 is 0. The molecule has 0 bridgehead atoms. The molecule has 2 heterocycles. The Kier molecular flexibility index (Phi) is 5.43. The van der Waals surface area contributed by atoms with Crippen LogP contribution in [0, 0.1) is 0 Å². The van der Waals surface area contributed by atoms with E-state index in [0.29, 0.717) is 17.9 Å². The molecule has 0 spiro atoms. The summed E-state index contributed by atoms with van der Waals surface area (Å²) in [5.41, 5.74) is 0. The monoisotopic (exact) mass is 302 g/mol. The number of unbranched alkanes of at least 4 members (excludes halogenated alkanes) is 1. The topological polar surface area (TPSA) is 57.7 Å². The lowest BCUT2D eigenvalue weighted by molar-refractivity contribution is -0.127. The molecule has 0 aromatic heterocycles. The second kappa shape index (κ2) is 6.89. The van der Waals surface area contributed by atoms with E-state index in [1.54, 1.807) is 0 Å². The van der Waals surface area contributed by atoms with Gasteiger partial charge in [0.05, 0.1) is 11.5 Å². The zero-order valence-electron chi connectivity index (χ0n) is 12.4. The van der Waals surface area contributed by atoms with Gasteiger partial charge in [-0.15, -0.1) is 0 Å². The van der Waals surface area contributed by atoms with Crippen LogP contribution in [0.5, 0.6) is 0 Å². The summed E-state index contributed by atoms with van der Waals surface area (Å²) in [4.78, 5) is 15.8. The van der Waals surface area contributed by atoms with Crippen LogP contribution in [-0.2, 0) is 14.6 Å². The van der Waals surface area contributed by atoms with E-state index in [0.717, 1.165) is 51.9 Å². The fraction of sp³-hybridized carbons (Fsp3) is 0.929. The Hall–Kier alpha value is -0.620. The average Bonchev–Trinajstić information content (AvgIpc) is 2.96. The molecule has 6 heteroatoms. The predicted molar refractivity (Wildman–Crippen MR) is 79.4 cm³/mol. The zero-order valence-corrected chi connectivity index (χ0v) is 13.2. The van der Waals surface area contributed by atoms with Gasteiger partial charge in [-0.3, -0.25) is 9.69 Å². The number of amides is 1. The third-order valence-corrected chi connectivity index (χ3v) is 6.10. The Morgan fingerprint density at radius 1 is 1.35 bits per heavy atom. The maximum absolute atomic E-state index is 11.6. The first-order valence-corrected chi connectivity index (χ1v) is 9.56. The quantitative estimate of drug-likeness (QED) is 0.701. The van der Waals surface area contributed by atoms with Gasteiger partial charge in [0.15, 0.2) is 9.84 Å². The van der Waals surface area contributed by atoms with Crippen molar-refractivity contribution in [3.8, 4) is 0 Å². The molecule has 0 aromatic carbocycles. The van der Waals surface area contributed by atoms with Gasteiger partial charge in [-0.05, 0) is 25.8 Å². The second-order valence-electron chi connectivity index (χ2n) is 5.93. The van der Waals surface area contributed by atoms with Gasteiger partial charge in [0.2, 0.25) is 5.91 Å². The van der Waals surface area contributed by atoms with Gasteiger partial charge in [0, 0.05) is 32.1 Å². The summed E-state index contributed by atoms with van der Waals surface area (Å²) in [6.07, 6.45) is 4.58. The molecule has 2 saturated heterocycles. The third kappa shape index (κ3) is 4.19. The number of carbonyl (C=O) groups is 1. The van der Waals surface area contributed by atoms with Crippen LogP contribution < -0.4 is 0 Å². The summed E-state index contributed by atoms with van der Waals surface area (Å²) in [7, 11) is -2.84. The van der Waals surface area contributed by atoms with Crippen LogP contribution in [0.2, 0.25) is 0 Å². The number of rotatable bonds is 7. The van der Waals surface area contributed by atoms with E-state index in [1.807, 2.05) is 4.90 Å². The Balaban J connectivity index is 1.88. The number of hydrogen-bond donors (Lipinski definition) is 0. The lowest BCUT2D eigenvalue weighted by Crippen LogP contribution is -2.42. The van der Waals surface area contributed by atoms with Gasteiger partial charge in [-0.1, -0.05) is 13.3 Å². The minimum atomic E-state index is -2.84. The number of carbonyl (C=O) groups excluding carboxylic acids is 1. The van der Waals surface area contributed by atoms with Crippen LogP contribution in [0.15, 0.2) is 0 Å². The van der Waals surface area contributed by atoms with Crippen LogP contribution in [0.4, 0.5) is 0 Å². The standard InChI is InChI=1S/C14H26N2O3S/c1-2-3-7-15(13-6-11-20(18,19)12-13)9-10-16-8-4-5-14(16)17/h13H,2-12H2,1H3/t13-/m0/s1. The van der Waals surface area contributed by atoms with E-state index in [1.165, 1.54) is 0 Å². The summed E-state index contributed by atoms with van der Waals surface area (Å²) in [6.45, 7) is 5.51. The van der Waals surface area contributed by atoms with Gasteiger partial charge in [-0.25, -0.2) is 8.42 Å². The Morgan fingerprint density at radius 3 is 2.70 bits per heavy atom. The molecule has 0 radical (unpaired) electrons. The van der Waals surface area contributed by atoms with Gasteiger partial charge in [0.1, 0.15) is 0 Å². The first-order chi connectivity index (χ1) is 9.52. The van der Waals surface area contributed by atoms with Gasteiger partial charge in [0.25, 0.3) is 0 Å². The van der Waals surface area contributed by atoms with E-state index < -0.39 is 9.84 Å². The van der Waals surface area contributed by atoms with Gasteiger partial charge < -0.3 is 4.90 Å². The van der Waals surface area contributed by atoms with E-state index in [9.17, 15) is 13.2 Å². The van der Waals surface area contributed by atoms with Crippen molar-refractivity contribution in [3.05, 3.63) is 0 Å². The summed E-state index contributed by atoms with van der Waals surface area (Å²) in [5, 5.41) is 0. The van der Waals surface area contributed by atoms with Crippen LogP contribution in [0.1, 0.15) is 39.0 Å². The Morgan fingerprint density at radius 2 is 2.15 bits per heavy atom. The normalized spacial score (nSPS) is 25.8. The van der Waals surface area contributed by atoms with Crippen molar-refractivity contribution < 1.29 is 13.2 Å². The Labute approximate surface area is 122 Å². The highest BCUT2D eigenvalue weighted by Gasteiger charge is 2.32. The van der Waals surface area contributed by atoms with E-state index in [2.05, 4.69) is 11.8 Å². The zero-order chi connectivity index (χ0) is 14.6. The average molecular weight is 302 g/mol. The van der Waals surface area contributed by atoms with Crippen molar-refractivity contribution in [2.45, 2.75) is 45.1 Å². The first kappa shape index (κ1) is 15.8. The van der Waals surface area contributed by atoms with Crippen LogP contribution in [0.3, 0.4) is 0 Å². The van der Waals surface area contributed by atoms with E-state index in [4.69, 9.17) is 0 Å². The maximum Gasteiger partial charge on any atom is 0.222 e. The SMILES string of the molecule is CCCCN(CCN1CCCC1=O)[C@H]1CCS(=O)(=O)C1. The number of nitrogens with zero attached hydrogens (tertiary/aromatic N) is 2. The van der Waals surface area contributed by atoms with Gasteiger partial charge in [-0.2, -0.15) is 0 Å². The summed E-state index contributed by atoms with van der Waals surface area (Å²) < 4.78 is 23.3. The van der Waals surface area contributed by atoms with E-state index in [-0.39, 0.29) is 11.9 Å². The molecule has 0 N–H and O–H groups in total. The number of hydrogen-bond acceptors (Lipinski definition) is 4. The smallest absolute Gasteiger partial charge is 0.222 e. The molecule has 0 unspecified atom stereocenters. The van der Waals surface area contributed by atoms with Crippen molar-refractivity contribution in [3.63, 3.8) is 0 Å². The molecule has 1 atom stereocenters. The molecule has 2 aliphatic heterocycles. The largest absolute Gasteiger partial charge is 0.341 e. The highest BCUT2D eigenvalue weighted by atomic mass is 32.2. The van der Waals surface area contributed by atoms with Gasteiger partial charge >= 0.3 is 0 Å². The maximum atomic E-state index is 11.6. The fourth-order valence-electron chi connectivity index (χ4n) is 3.09. The summed E-state index contributed by atoms with van der Waals surface area (Å²) in [5.74, 6) is 0.868. The number of sulfone groups is 1. The molecule has 0 aliphatic carbocycles. The fourth-order valence-corrected chi connectivity index (χ4v) is 4.85. The molecule has 5 nitrogen and oxygen atoms in total. The molecular formula is C14H26N2O3S. The number of likely N-dealkylation sites (tertiary alicyclic amines) is 1. The van der Waals surface area contributed by atoms with Crippen molar-refractivity contribution in [1.29, 1.82) is 0 Å². The molecule has 116 valence electrons. The molecule has 2 aliphatic rings. The predicted octanol–water partition coefficient (Wildman–Crippen LogP) is 0.898. The summed E-state index contributed by atoms with van der Waals surface area (Å²) in [6, 6.07) is 0.157. The highest BCUT2D eigenvalue weighted by Crippen LogP contribution is 2.19. The second-order valence-corrected chi connectivity index (χ2v) is 8.16. The Bertz CT molecular complexity index is 436. The molecule has 20 heavy (non-hydrogen) atoms. The minimum absolute atomic E-state index is 0.157. The van der Waals surface area contributed by atoms with Crippen molar-refractivity contribution in [2.75, 3.05) is 37.7 Å². The molecule has 1 amide bonds. The van der Waals surface area contributed by atoms with Crippen LogP contribution in [0.25, 0.3) is 0 Å². The third-order valence-electron chi connectivity index (χ3n) is 4.35. The molecular weight excluding hydrogens is 276 g/mol. The molecule has 0 aromatic rings. The lowest BCUT2D eigenvalue weighted by atomic mass is 10.2. The van der Waals surface area contributed by atoms with Crippen molar-refractivity contribution >= 4 is 15.7 Å². The molecule has 0 saturated carbocycles. The van der Waals surface area contributed by atoms with Crippen molar-refractivity contribution in [1.82, 2.24) is 9.80 Å². The van der Waals surface area contributed by atoms with E-state index >= 15 is 0 Å². The molecule has 2 fully saturated rings. The molecule has 2 rings (SSSR count). The highest BCUT2D eigenvalue weighted by molar-refractivity contribution is 7.91. The van der Waals surface area contributed by atoms with Crippen LogP contribution >= 0.6 is 0 Å². The first-order valence-electron chi connectivity index (χ1n) is 7.74. The lowest BCUT2D eigenvalue weighted by Gasteiger charge is -2.29. The van der Waals surface area contributed by atoms with Crippen molar-refractivity contribution in [2.24, 2.45) is 0 Å². The minimum Gasteiger partial charge on any atom is -0.341 e.